The summed E-state index contributed by atoms with van der Waals surface area (Å²) >= 11 is 0. The number of aliphatic hydroxyl groups excluding tert-OH is 1. The molecule has 0 unspecified atom stereocenters. The number of epoxide rings is 1. The lowest BCUT2D eigenvalue weighted by molar-refractivity contribution is -0.143. The van der Waals surface area contributed by atoms with Gasteiger partial charge in [0.1, 0.15) is 0 Å². The van der Waals surface area contributed by atoms with E-state index in [1.54, 1.807) is 14.0 Å². The maximum atomic E-state index is 11.0. The van der Waals surface area contributed by atoms with Crippen LogP contribution in [0.3, 0.4) is 0 Å². The molecule has 6 nitrogen and oxygen atoms in total. The molecule has 0 aliphatic carbocycles. The summed E-state index contributed by atoms with van der Waals surface area (Å²) in [5.41, 5.74) is 0.935. The van der Waals surface area contributed by atoms with E-state index in [2.05, 4.69) is 52.8 Å². The second-order valence-electron chi connectivity index (χ2n) is 9.96. The molecule has 0 aromatic rings. The average molecular weight is 439 g/mol. The van der Waals surface area contributed by atoms with Crippen molar-refractivity contribution in [1.82, 2.24) is 0 Å². The van der Waals surface area contributed by atoms with Gasteiger partial charge in [0.25, 0.3) is 0 Å². The second kappa shape index (κ2) is 11.1. The molecule has 0 spiro atoms. The molecule has 2 N–H and O–H groups in total. The summed E-state index contributed by atoms with van der Waals surface area (Å²) in [6.45, 7) is 12.4. The minimum Gasteiger partial charge on any atom is -0.481 e. The van der Waals surface area contributed by atoms with Crippen molar-refractivity contribution in [3.05, 3.63) is 23.8 Å². The highest BCUT2D eigenvalue weighted by atomic mass is 16.6. The van der Waals surface area contributed by atoms with Gasteiger partial charge in [0, 0.05) is 13.0 Å². The van der Waals surface area contributed by atoms with Crippen molar-refractivity contribution in [3.63, 3.8) is 0 Å². The van der Waals surface area contributed by atoms with E-state index in [4.69, 9.17) is 19.3 Å². The third-order valence-corrected chi connectivity index (χ3v) is 6.86. The Hall–Kier alpha value is -1.21. The van der Waals surface area contributed by atoms with E-state index in [9.17, 15) is 9.90 Å². The van der Waals surface area contributed by atoms with Crippen LogP contribution in [-0.4, -0.2) is 59.4 Å². The Kier molecular flexibility index (Phi) is 9.31. The van der Waals surface area contributed by atoms with E-state index < -0.39 is 12.1 Å². The van der Waals surface area contributed by atoms with Gasteiger partial charge in [0.15, 0.2) is 0 Å². The van der Waals surface area contributed by atoms with Crippen LogP contribution in [0.5, 0.6) is 0 Å². The fourth-order valence-corrected chi connectivity index (χ4v) is 5.22. The van der Waals surface area contributed by atoms with Crippen LogP contribution in [0.25, 0.3) is 0 Å². The van der Waals surface area contributed by atoms with Crippen LogP contribution < -0.4 is 0 Å². The molecule has 6 heteroatoms. The predicted molar refractivity (Wildman–Crippen MR) is 121 cm³/mol. The van der Waals surface area contributed by atoms with Gasteiger partial charge >= 0.3 is 5.97 Å². The highest BCUT2D eigenvalue weighted by molar-refractivity contribution is 5.67. The topological polar surface area (TPSA) is 88.5 Å². The van der Waals surface area contributed by atoms with Crippen molar-refractivity contribution in [2.24, 2.45) is 17.8 Å². The fourth-order valence-electron chi connectivity index (χ4n) is 5.22. The van der Waals surface area contributed by atoms with Gasteiger partial charge in [-0.2, -0.15) is 0 Å². The molecule has 2 aliphatic heterocycles. The number of aliphatic carboxylic acids is 1. The number of hydrogen-bond donors (Lipinski definition) is 2. The average Bonchev–Trinajstić information content (AvgIpc) is 3.33. The summed E-state index contributed by atoms with van der Waals surface area (Å²) in [7, 11) is 1.63. The van der Waals surface area contributed by atoms with Crippen LogP contribution in [0.15, 0.2) is 23.8 Å². The Labute approximate surface area is 187 Å². The smallest absolute Gasteiger partial charge is 0.305 e. The number of methoxy groups -OCH3 is 1. The highest BCUT2D eigenvalue weighted by Crippen LogP contribution is 2.47. The minimum atomic E-state index is -0.803. The third-order valence-electron chi connectivity index (χ3n) is 6.86. The second-order valence-corrected chi connectivity index (χ2v) is 9.96. The van der Waals surface area contributed by atoms with E-state index in [1.165, 1.54) is 0 Å². The molecule has 0 amide bonds. The molecule has 0 bridgehead atoms. The fraction of sp³-hybridized carbons (Fsp3) is 0.800. The summed E-state index contributed by atoms with van der Waals surface area (Å²) < 4.78 is 17.6. The van der Waals surface area contributed by atoms with Crippen LogP contribution in [0.2, 0.25) is 0 Å². The zero-order valence-electron chi connectivity index (χ0n) is 20.2. The van der Waals surface area contributed by atoms with Crippen LogP contribution in [0.4, 0.5) is 0 Å². The van der Waals surface area contributed by atoms with Gasteiger partial charge in [-0.3, -0.25) is 4.79 Å². The molecular weight excluding hydrogens is 396 g/mol. The molecule has 0 aromatic heterocycles. The molecule has 2 saturated heterocycles. The Morgan fingerprint density at radius 1 is 1.29 bits per heavy atom. The van der Waals surface area contributed by atoms with Gasteiger partial charge in [-0.1, -0.05) is 39.0 Å². The number of allylic oxidation sites excluding steroid dienone is 3. The maximum Gasteiger partial charge on any atom is 0.305 e. The summed E-state index contributed by atoms with van der Waals surface area (Å²) in [6.07, 6.45) is 8.21. The minimum absolute atomic E-state index is 0.0287. The van der Waals surface area contributed by atoms with E-state index in [-0.39, 0.29) is 42.4 Å². The molecule has 178 valence electrons. The van der Waals surface area contributed by atoms with Crippen molar-refractivity contribution in [1.29, 1.82) is 0 Å². The first-order valence-electron chi connectivity index (χ1n) is 11.6. The Morgan fingerprint density at radius 3 is 2.55 bits per heavy atom. The maximum absolute atomic E-state index is 11.0. The van der Waals surface area contributed by atoms with Gasteiger partial charge in [-0.25, -0.2) is 0 Å². The molecule has 0 radical (unpaired) electrons. The standard InChI is InChI=1S/C25H42O6/c1-15(14-25(6)24(31-25)18(4)23(29-7)19(5)26)9-8-10-16(2)22-17(3)11-12-20(30-22)13-21(27)28/h8-10,15,17-20,22-24,26H,11-14H2,1-7H3,(H,27,28)/t15-,17+,18-,19-,20-,22-,23-,24-,25-/m1/s1. The Morgan fingerprint density at radius 2 is 1.97 bits per heavy atom. The van der Waals surface area contributed by atoms with E-state index in [0.717, 1.165) is 24.8 Å². The van der Waals surface area contributed by atoms with Crippen molar-refractivity contribution < 1.29 is 29.2 Å². The van der Waals surface area contributed by atoms with Crippen LogP contribution in [-0.2, 0) is 19.0 Å². The van der Waals surface area contributed by atoms with Crippen molar-refractivity contribution >= 4 is 5.97 Å². The number of rotatable bonds is 11. The Balaban J connectivity index is 1.89. The monoisotopic (exact) mass is 438 g/mol. The van der Waals surface area contributed by atoms with E-state index >= 15 is 0 Å². The Bertz CT molecular complexity index is 656. The first-order valence-corrected chi connectivity index (χ1v) is 11.6. The molecule has 2 rings (SSSR count). The number of aliphatic hydroxyl groups is 1. The van der Waals surface area contributed by atoms with Gasteiger partial charge < -0.3 is 24.4 Å². The summed E-state index contributed by atoms with van der Waals surface area (Å²) in [5, 5.41) is 19.0. The molecule has 0 saturated carbocycles. The summed E-state index contributed by atoms with van der Waals surface area (Å²) in [4.78, 5) is 11.0. The molecule has 9 atom stereocenters. The lowest BCUT2D eigenvalue weighted by Crippen LogP contribution is -2.36. The normalized spacial score (nSPS) is 35.5. The predicted octanol–water partition coefficient (Wildman–Crippen LogP) is 4.36. The van der Waals surface area contributed by atoms with Crippen molar-refractivity contribution in [3.8, 4) is 0 Å². The van der Waals surface area contributed by atoms with Gasteiger partial charge in [-0.05, 0) is 57.4 Å². The highest BCUT2D eigenvalue weighted by Gasteiger charge is 2.56. The van der Waals surface area contributed by atoms with Gasteiger partial charge in [0.05, 0.1) is 42.5 Å². The SMILES string of the molecule is CO[C@H]([C@@H](C)[C@H]1O[C@]1(C)C[C@H](C)C=CC=C(C)[C@H]1O[C@@H](CC(=O)O)CC[C@@H]1C)[C@@H](C)O. The van der Waals surface area contributed by atoms with Crippen molar-refractivity contribution in [2.75, 3.05) is 7.11 Å². The number of carboxylic acid groups (broad SMARTS) is 1. The number of carboxylic acids is 1. The number of hydrogen-bond acceptors (Lipinski definition) is 5. The summed E-state index contributed by atoms with van der Waals surface area (Å²) in [6, 6.07) is 0. The lowest BCUT2D eigenvalue weighted by Gasteiger charge is -2.35. The van der Waals surface area contributed by atoms with E-state index in [1.807, 2.05) is 0 Å². The molecule has 31 heavy (non-hydrogen) atoms. The molecule has 0 aromatic carbocycles. The molecular formula is C25H42O6. The van der Waals surface area contributed by atoms with Gasteiger partial charge in [0.2, 0.25) is 0 Å². The molecule has 2 fully saturated rings. The van der Waals surface area contributed by atoms with Crippen LogP contribution >= 0.6 is 0 Å². The molecule has 2 heterocycles. The zero-order chi connectivity index (χ0) is 23.3. The van der Waals surface area contributed by atoms with E-state index in [0.29, 0.717) is 11.8 Å². The largest absolute Gasteiger partial charge is 0.481 e. The summed E-state index contributed by atoms with van der Waals surface area (Å²) in [5.74, 6) is 0.0402. The number of carbonyl (C=O) groups is 1. The first-order chi connectivity index (χ1) is 14.5. The number of ether oxygens (including phenoxy) is 3. The zero-order valence-corrected chi connectivity index (χ0v) is 20.2. The lowest BCUT2D eigenvalue weighted by atomic mass is 9.85. The first kappa shape index (κ1) is 26.0. The quantitative estimate of drug-likeness (QED) is 0.368. The van der Waals surface area contributed by atoms with Crippen LogP contribution in [0, 0.1) is 17.8 Å². The van der Waals surface area contributed by atoms with Gasteiger partial charge in [-0.15, -0.1) is 0 Å². The third kappa shape index (κ3) is 7.14. The molecule has 2 aliphatic rings. The van der Waals surface area contributed by atoms with Crippen molar-refractivity contribution in [2.45, 2.75) is 103 Å². The van der Waals surface area contributed by atoms with Crippen LogP contribution in [0.1, 0.15) is 67.2 Å².